The van der Waals surface area contributed by atoms with E-state index in [4.69, 9.17) is 28.5 Å². The second kappa shape index (κ2) is 9.18. The molecule has 30 heavy (non-hydrogen) atoms. The van der Waals surface area contributed by atoms with Crippen molar-refractivity contribution in [3.05, 3.63) is 87.9 Å². The van der Waals surface area contributed by atoms with Crippen molar-refractivity contribution in [1.82, 2.24) is 0 Å². The molecule has 0 aliphatic heterocycles. The van der Waals surface area contributed by atoms with E-state index >= 15 is 0 Å². The topological polar surface area (TPSA) is 99.1 Å². The van der Waals surface area contributed by atoms with Gasteiger partial charge in [0.1, 0.15) is 4.90 Å². The molecule has 152 valence electrons. The van der Waals surface area contributed by atoms with Crippen molar-refractivity contribution >= 4 is 50.5 Å². The number of hydrogen-bond acceptors (Lipinski definition) is 4. The first-order valence-electron chi connectivity index (χ1n) is 8.64. The highest BCUT2D eigenvalue weighted by Gasteiger charge is 2.20. The largest absolute Gasteiger partial charge is 0.322 e. The summed E-state index contributed by atoms with van der Waals surface area (Å²) in [5.74, 6) is -0.498. The van der Waals surface area contributed by atoms with E-state index in [9.17, 15) is 13.2 Å². The van der Waals surface area contributed by atoms with Gasteiger partial charge in [0.05, 0.1) is 17.5 Å². The molecule has 0 spiro atoms. The average Bonchev–Trinajstić information content (AvgIpc) is 2.71. The minimum atomic E-state index is -4.03. The van der Waals surface area contributed by atoms with Gasteiger partial charge in [0, 0.05) is 22.0 Å². The van der Waals surface area contributed by atoms with Crippen molar-refractivity contribution in [2.24, 2.45) is 0 Å². The van der Waals surface area contributed by atoms with Crippen LogP contribution in [0.15, 0.2) is 71.6 Å². The monoisotopic (exact) mass is 459 g/mol. The third-order valence-corrected chi connectivity index (χ3v) is 6.19. The van der Waals surface area contributed by atoms with Gasteiger partial charge in [0.15, 0.2) is 0 Å². The number of sulfonamides is 1. The van der Waals surface area contributed by atoms with E-state index in [1.54, 1.807) is 36.4 Å². The van der Waals surface area contributed by atoms with Gasteiger partial charge in [-0.25, -0.2) is 8.42 Å². The average molecular weight is 460 g/mol. The molecule has 0 saturated heterocycles. The Hall–Kier alpha value is -3.05. The van der Waals surface area contributed by atoms with E-state index in [-0.39, 0.29) is 21.9 Å². The molecule has 6 nitrogen and oxygen atoms in total. The van der Waals surface area contributed by atoms with Crippen LogP contribution < -0.4 is 10.0 Å². The Morgan fingerprint density at radius 1 is 0.933 bits per heavy atom. The lowest BCUT2D eigenvalue weighted by molar-refractivity contribution is 0.102. The van der Waals surface area contributed by atoms with Gasteiger partial charge in [-0.1, -0.05) is 35.3 Å². The van der Waals surface area contributed by atoms with E-state index < -0.39 is 15.9 Å². The van der Waals surface area contributed by atoms with Crippen molar-refractivity contribution in [1.29, 1.82) is 5.26 Å². The molecule has 0 atom stereocenters. The van der Waals surface area contributed by atoms with Crippen LogP contribution in [0.3, 0.4) is 0 Å². The third-order valence-electron chi connectivity index (χ3n) is 4.07. The summed E-state index contributed by atoms with van der Waals surface area (Å²) in [5.41, 5.74) is 1.77. The van der Waals surface area contributed by atoms with Gasteiger partial charge in [-0.3, -0.25) is 9.52 Å². The zero-order chi connectivity index (χ0) is 21.7. The van der Waals surface area contributed by atoms with E-state index in [1.165, 1.54) is 30.3 Å². The maximum absolute atomic E-state index is 12.8. The van der Waals surface area contributed by atoms with Crippen molar-refractivity contribution in [3.8, 4) is 6.07 Å². The standard InChI is InChI=1S/C21H15Cl2N3O3S/c22-16-4-8-18(9-5-16)26-30(28,29)20-13-15(3-10-19(20)23)21(27)25-17-6-1-14(2-7-17)11-12-24/h1-10,13,26H,11H2,(H,25,27). The van der Waals surface area contributed by atoms with Crippen molar-refractivity contribution < 1.29 is 13.2 Å². The fourth-order valence-corrected chi connectivity index (χ4v) is 4.29. The molecule has 0 aliphatic carbocycles. The predicted molar refractivity (Wildman–Crippen MR) is 117 cm³/mol. The smallest absolute Gasteiger partial charge is 0.263 e. The molecule has 0 aliphatic rings. The molecule has 0 aromatic heterocycles. The van der Waals surface area contributed by atoms with Crippen LogP contribution in [-0.4, -0.2) is 14.3 Å². The third kappa shape index (κ3) is 5.30. The number of carbonyl (C=O) groups excluding carboxylic acids is 1. The van der Waals surface area contributed by atoms with Gasteiger partial charge in [0.2, 0.25) is 0 Å². The van der Waals surface area contributed by atoms with Gasteiger partial charge >= 0.3 is 0 Å². The molecular formula is C21H15Cl2N3O3S. The summed E-state index contributed by atoms with van der Waals surface area (Å²) in [7, 11) is -4.03. The quantitative estimate of drug-likeness (QED) is 0.534. The lowest BCUT2D eigenvalue weighted by Crippen LogP contribution is -2.16. The highest BCUT2D eigenvalue weighted by molar-refractivity contribution is 7.92. The highest BCUT2D eigenvalue weighted by Crippen LogP contribution is 2.26. The summed E-state index contributed by atoms with van der Waals surface area (Å²) in [6.07, 6.45) is 0.271. The summed E-state index contributed by atoms with van der Waals surface area (Å²) in [5, 5.41) is 11.8. The maximum Gasteiger partial charge on any atom is 0.263 e. The molecule has 0 radical (unpaired) electrons. The Morgan fingerprint density at radius 2 is 1.57 bits per heavy atom. The molecule has 0 unspecified atom stereocenters. The molecular weight excluding hydrogens is 445 g/mol. The number of nitriles is 1. The van der Waals surface area contributed by atoms with Crippen LogP contribution in [-0.2, 0) is 16.4 Å². The summed E-state index contributed by atoms with van der Waals surface area (Å²) >= 11 is 11.9. The number of nitrogens with zero attached hydrogens (tertiary/aromatic N) is 1. The normalized spacial score (nSPS) is 10.8. The Balaban J connectivity index is 1.82. The zero-order valence-electron chi connectivity index (χ0n) is 15.4. The van der Waals surface area contributed by atoms with E-state index in [1.807, 2.05) is 6.07 Å². The number of carbonyl (C=O) groups is 1. The minimum absolute atomic E-state index is 0.0196. The molecule has 0 bridgehead atoms. The fourth-order valence-electron chi connectivity index (χ4n) is 2.58. The molecule has 3 rings (SSSR count). The molecule has 9 heteroatoms. The van der Waals surface area contributed by atoms with Crippen molar-refractivity contribution in [3.63, 3.8) is 0 Å². The maximum atomic E-state index is 12.8. The Labute approximate surface area is 184 Å². The van der Waals surface area contributed by atoms with E-state index in [2.05, 4.69) is 10.0 Å². The molecule has 0 heterocycles. The lowest BCUT2D eigenvalue weighted by atomic mass is 10.1. The molecule has 1 amide bonds. The lowest BCUT2D eigenvalue weighted by Gasteiger charge is -2.12. The van der Waals surface area contributed by atoms with E-state index in [0.717, 1.165) is 5.56 Å². The predicted octanol–water partition coefficient (Wildman–Crippen LogP) is 5.11. The van der Waals surface area contributed by atoms with Crippen LogP contribution in [0.2, 0.25) is 10.0 Å². The summed E-state index contributed by atoms with van der Waals surface area (Å²) in [6.45, 7) is 0. The van der Waals surface area contributed by atoms with Gasteiger partial charge in [0.25, 0.3) is 15.9 Å². The molecule has 2 N–H and O–H groups in total. The number of nitrogens with one attached hydrogen (secondary N) is 2. The van der Waals surface area contributed by atoms with Crippen LogP contribution in [0.25, 0.3) is 0 Å². The summed E-state index contributed by atoms with van der Waals surface area (Å²) in [4.78, 5) is 12.3. The Kier molecular flexibility index (Phi) is 6.63. The first kappa shape index (κ1) is 21.7. The number of hydrogen-bond donors (Lipinski definition) is 2. The summed E-state index contributed by atoms with van der Waals surface area (Å²) < 4.78 is 27.9. The highest BCUT2D eigenvalue weighted by atomic mass is 35.5. The minimum Gasteiger partial charge on any atom is -0.322 e. The second-order valence-corrected chi connectivity index (χ2v) is 8.74. The number of anilines is 2. The number of amides is 1. The van der Waals surface area contributed by atoms with Crippen molar-refractivity contribution in [2.45, 2.75) is 11.3 Å². The van der Waals surface area contributed by atoms with Crippen LogP contribution in [0, 0.1) is 11.3 Å². The number of benzene rings is 3. The SMILES string of the molecule is N#CCc1ccc(NC(=O)c2ccc(Cl)c(S(=O)(=O)Nc3ccc(Cl)cc3)c2)cc1. The van der Waals surface area contributed by atoms with Crippen molar-refractivity contribution in [2.75, 3.05) is 10.0 Å². The Bertz CT molecular complexity index is 1220. The molecule has 3 aromatic rings. The number of rotatable bonds is 6. The fraction of sp³-hybridized carbons (Fsp3) is 0.0476. The second-order valence-electron chi connectivity index (χ2n) is 6.24. The molecule has 3 aromatic carbocycles. The zero-order valence-corrected chi connectivity index (χ0v) is 17.7. The van der Waals surface area contributed by atoms with Gasteiger partial charge in [-0.15, -0.1) is 0 Å². The first-order valence-corrected chi connectivity index (χ1v) is 10.9. The van der Waals surface area contributed by atoms with Crippen LogP contribution in [0.5, 0.6) is 0 Å². The summed E-state index contributed by atoms with van der Waals surface area (Å²) in [6, 6.07) is 19.0. The van der Waals surface area contributed by atoms with Crippen LogP contribution >= 0.6 is 23.2 Å². The van der Waals surface area contributed by atoms with Gasteiger partial charge < -0.3 is 5.32 Å². The first-order chi connectivity index (χ1) is 14.3. The molecule has 0 fully saturated rings. The Morgan fingerprint density at radius 3 is 2.20 bits per heavy atom. The van der Waals surface area contributed by atoms with Gasteiger partial charge in [-0.2, -0.15) is 5.26 Å². The van der Waals surface area contributed by atoms with Crippen LogP contribution in [0.1, 0.15) is 15.9 Å². The number of halogens is 2. The van der Waals surface area contributed by atoms with Gasteiger partial charge in [-0.05, 0) is 60.2 Å². The molecule has 0 saturated carbocycles. The van der Waals surface area contributed by atoms with Crippen LogP contribution in [0.4, 0.5) is 11.4 Å². The van der Waals surface area contributed by atoms with E-state index in [0.29, 0.717) is 16.4 Å².